The van der Waals surface area contributed by atoms with E-state index in [9.17, 15) is 5.11 Å². The summed E-state index contributed by atoms with van der Waals surface area (Å²) in [4.78, 5) is 0. The molecule has 4 heteroatoms. The van der Waals surface area contributed by atoms with Crippen LogP contribution in [0, 0.1) is 6.92 Å². The number of aryl methyl sites for hydroxylation is 2. The van der Waals surface area contributed by atoms with Crippen molar-refractivity contribution < 1.29 is 5.11 Å². The first-order valence-electron chi connectivity index (χ1n) is 4.67. The third kappa shape index (κ3) is 1.54. The summed E-state index contributed by atoms with van der Waals surface area (Å²) in [6, 6.07) is 5.49. The quantitative estimate of drug-likeness (QED) is 0.741. The molecule has 1 aromatic heterocycles. The molecule has 2 rings (SSSR count). The van der Waals surface area contributed by atoms with Gasteiger partial charge in [0.2, 0.25) is 0 Å². The lowest BCUT2D eigenvalue weighted by Crippen LogP contribution is -1.98. The Kier molecular flexibility index (Phi) is 2.11. The number of nitrogen functional groups attached to an aromatic ring is 1. The molecule has 0 fully saturated rings. The third-order valence-corrected chi connectivity index (χ3v) is 2.43. The normalized spacial score (nSPS) is 10.5. The summed E-state index contributed by atoms with van der Waals surface area (Å²) < 4.78 is 1.58. The Bertz CT molecular complexity index is 503. The van der Waals surface area contributed by atoms with Crippen molar-refractivity contribution in [3.63, 3.8) is 0 Å². The van der Waals surface area contributed by atoms with E-state index in [1.807, 2.05) is 19.1 Å². The second-order valence-electron chi connectivity index (χ2n) is 3.59. The second-order valence-corrected chi connectivity index (χ2v) is 3.59. The number of nitrogens with two attached hydrogens (primary N) is 1. The van der Waals surface area contributed by atoms with Crippen LogP contribution in [0.15, 0.2) is 24.4 Å². The highest BCUT2D eigenvalue weighted by Crippen LogP contribution is 2.32. The van der Waals surface area contributed by atoms with Crippen molar-refractivity contribution in [1.82, 2.24) is 9.78 Å². The number of benzene rings is 1. The molecule has 1 aromatic carbocycles. The van der Waals surface area contributed by atoms with Gasteiger partial charge in [-0.2, -0.15) is 5.10 Å². The zero-order chi connectivity index (χ0) is 11.0. The number of nitrogens with zero attached hydrogens (tertiary/aromatic N) is 2. The van der Waals surface area contributed by atoms with E-state index in [1.165, 1.54) is 0 Å². The Morgan fingerprint density at radius 1 is 1.33 bits per heavy atom. The SMILES string of the molecule is Cc1ccc(-c2cnn(C)c2N)c(O)c1. The standard InChI is InChI=1S/C11H13N3O/c1-7-3-4-8(10(15)5-7)9-6-13-14(2)11(9)12/h3-6,15H,12H2,1-2H3. The Balaban J connectivity index is 2.59. The molecule has 0 aliphatic rings. The maximum atomic E-state index is 9.79. The van der Waals surface area contributed by atoms with Gasteiger partial charge in [0.05, 0.1) is 6.20 Å². The highest BCUT2D eigenvalue weighted by molar-refractivity contribution is 5.78. The summed E-state index contributed by atoms with van der Waals surface area (Å²) in [5.74, 6) is 0.781. The van der Waals surface area contributed by atoms with Crippen LogP contribution in [0.5, 0.6) is 5.75 Å². The number of rotatable bonds is 1. The smallest absolute Gasteiger partial charge is 0.129 e. The molecule has 78 valence electrons. The minimum atomic E-state index is 0.231. The van der Waals surface area contributed by atoms with Gasteiger partial charge >= 0.3 is 0 Å². The van der Waals surface area contributed by atoms with Gasteiger partial charge in [-0.3, -0.25) is 4.68 Å². The van der Waals surface area contributed by atoms with Crippen LogP contribution in [-0.4, -0.2) is 14.9 Å². The van der Waals surface area contributed by atoms with Gasteiger partial charge in [0.15, 0.2) is 0 Å². The number of phenolic OH excluding ortho intramolecular Hbond substituents is 1. The third-order valence-electron chi connectivity index (χ3n) is 2.43. The lowest BCUT2D eigenvalue weighted by atomic mass is 10.1. The molecule has 15 heavy (non-hydrogen) atoms. The van der Waals surface area contributed by atoms with Gasteiger partial charge < -0.3 is 10.8 Å². The van der Waals surface area contributed by atoms with E-state index in [1.54, 1.807) is 24.0 Å². The number of phenols is 1. The van der Waals surface area contributed by atoms with Crippen LogP contribution in [0.25, 0.3) is 11.1 Å². The maximum absolute atomic E-state index is 9.79. The van der Waals surface area contributed by atoms with Crippen LogP contribution in [0.4, 0.5) is 5.82 Å². The van der Waals surface area contributed by atoms with Crippen molar-refractivity contribution >= 4 is 5.82 Å². The summed E-state index contributed by atoms with van der Waals surface area (Å²) in [6.45, 7) is 1.93. The van der Waals surface area contributed by atoms with Crippen molar-refractivity contribution in [2.45, 2.75) is 6.92 Å². The van der Waals surface area contributed by atoms with Crippen LogP contribution in [0.1, 0.15) is 5.56 Å². The van der Waals surface area contributed by atoms with Gasteiger partial charge in [-0.15, -0.1) is 0 Å². The van der Waals surface area contributed by atoms with E-state index in [2.05, 4.69) is 5.10 Å². The number of aromatic hydroxyl groups is 1. The van der Waals surface area contributed by atoms with Crippen molar-refractivity contribution in [1.29, 1.82) is 0 Å². The molecule has 0 saturated heterocycles. The van der Waals surface area contributed by atoms with E-state index in [0.29, 0.717) is 11.4 Å². The van der Waals surface area contributed by atoms with E-state index in [-0.39, 0.29) is 5.75 Å². The monoisotopic (exact) mass is 203 g/mol. The zero-order valence-electron chi connectivity index (χ0n) is 8.73. The van der Waals surface area contributed by atoms with E-state index in [4.69, 9.17) is 5.73 Å². The lowest BCUT2D eigenvalue weighted by Gasteiger charge is -2.04. The Hall–Kier alpha value is -1.97. The summed E-state index contributed by atoms with van der Waals surface area (Å²) >= 11 is 0. The maximum Gasteiger partial charge on any atom is 0.129 e. The molecule has 0 aliphatic carbocycles. The molecule has 0 aliphatic heterocycles. The van der Waals surface area contributed by atoms with Gasteiger partial charge in [0.1, 0.15) is 11.6 Å². The molecule has 0 spiro atoms. The number of hydrogen-bond donors (Lipinski definition) is 2. The van der Waals surface area contributed by atoms with Crippen molar-refractivity contribution in [3.05, 3.63) is 30.0 Å². The molecule has 0 atom stereocenters. The van der Waals surface area contributed by atoms with Gasteiger partial charge in [0, 0.05) is 18.2 Å². The van der Waals surface area contributed by atoms with Crippen molar-refractivity contribution in [3.8, 4) is 16.9 Å². The molecule has 1 heterocycles. The predicted molar refractivity (Wildman–Crippen MR) is 59.5 cm³/mol. The first-order valence-corrected chi connectivity index (χ1v) is 4.67. The molecule has 0 amide bonds. The van der Waals surface area contributed by atoms with Gasteiger partial charge in [-0.05, 0) is 18.6 Å². The largest absolute Gasteiger partial charge is 0.507 e. The topological polar surface area (TPSA) is 64.1 Å². The van der Waals surface area contributed by atoms with E-state index >= 15 is 0 Å². The molecule has 3 N–H and O–H groups in total. The molecular weight excluding hydrogens is 190 g/mol. The van der Waals surface area contributed by atoms with E-state index < -0.39 is 0 Å². The van der Waals surface area contributed by atoms with Crippen LogP contribution in [-0.2, 0) is 7.05 Å². The second kappa shape index (κ2) is 3.31. The fraction of sp³-hybridized carbons (Fsp3) is 0.182. The molecule has 0 unspecified atom stereocenters. The minimum absolute atomic E-state index is 0.231. The number of hydrogen-bond acceptors (Lipinski definition) is 3. The Morgan fingerprint density at radius 2 is 2.07 bits per heavy atom. The molecule has 2 aromatic rings. The average molecular weight is 203 g/mol. The van der Waals surface area contributed by atoms with Crippen LogP contribution >= 0.6 is 0 Å². The van der Waals surface area contributed by atoms with Gasteiger partial charge in [-0.1, -0.05) is 12.1 Å². The number of anilines is 1. The highest BCUT2D eigenvalue weighted by Gasteiger charge is 2.10. The number of aromatic nitrogens is 2. The van der Waals surface area contributed by atoms with E-state index in [0.717, 1.165) is 11.1 Å². The highest BCUT2D eigenvalue weighted by atomic mass is 16.3. The molecular formula is C11H13N3O. The summed E-state index contributed by atoms with van der Waals surface area (Å²) in [7, 11) is 1.77. The van der Waals surface area contributed by atoms with Crippen molar-refractivity contribution in [2.24, 2.45) is 7.05 Å². The van der Waals surface area contributed by atoms with Gasteiger partial charge in [-0.25, -0.2) is 0 Å². The van der Waals surface area contributed by atoms with Crippen LogP contribution < -0.4 is 5.73 Å². The fourth-order valence-electron chi connectivity index (χ4n) is 1.52. The first kappa shape index (κ1) is 9.58. The van der Waals surface area contributed by atoms with Crippen molar-refractivity contribution in [2.75, 3.05) is 5.73 Å². The lowest BCUT2D eigenvalue weighted by molar-refractivity contribution is 0.477. The zero-order valence-corrected chi connectivity index (χ0v) is 8.73. The predicted octanol–water partition coefficient (Wildman–Crippen LogP) is 1.68. The fourth-order valence-corrected chi connectivity index (χ4v) is 1.52. The first-order chi connectivity index (χ1) is 7.09. The summed E-state index contributed by atoms with van der Waals surface area (Å²) in [5, 5.41) is 13.8. The Morgan fingerprint density at radius 3 is 2.60 bits per heavy atom. The average Bonchev–Trinajstić information content (AvgIpc) is 2.49. The minimum Gasteiger partial charge on any atom is -0.507 e. The molecule has 4 nitrogen and oxygen atoms in total. The summed E-state index contributed by atoms with van der Waals surface area (Å²) in [5.41, 5.74) is 8.32. The van der Waals surface area contributed by atoms with Crippen LogP contribution in [0.3, 0.4) is 0 Å². The summed E-state index contributed by atoms with van der Waals surface area (Å²) in [6.07, 6.45) is 1.65. The van der Waals surface area contributed by atoms with Crippen LogP contribution in [0.2, 0.25) is 0 Å². The molecule has 0 radical (unpaired) electrons. The van der Waals surface area contributed by atoms with Gasteiger partial charge in [0.25, 0.3) is 0 Å². The molecule has 0 saturated carbocycles. The Labute approximate surface area is 88.0 Å². The molecule has 0 bridgehead atoms.